The SMILES string of the molecule is Cc1cccc(N2Cc3ccccc3C2=NC(=O)c2ccc(Cl)c([N+](=O)[O-])c2)c1. The highest BCUT2D eigenvalue weighted by atomic mass is 35.5. The van der Waals surface area contributed by atoms with Crippen molar-refractivity contribution in [1.29, 1.82) is 0 Å². The molecule has 0 spiro atoms. The Morgan fingerprint density at radius 2 is 1.90 bits per heavy atom. The molecule has 0 bridgehead atoms. The lowest BCUT2D eigenvalue weighted by Crippen LogP contribution is -2.25. The molecule has 0 aromatic heterocycles. The van der Waals surface area contributed by atoms with Crippen molar-refractivity contribution in [3.05, 3.63) is 104 Å². The molecule has 0 saturated heterocycles. The molecule has 0 saturated carbocycles. The second kappa shape index (κ2) is 7.48. The van der Waals surface area contributed by atoms with Gasteiger partial charge in [0.25, 0.3) is 11.6 Å². The van der Waals surface area contributed by atoms with Crippen LogP contribution in [0.3, 0.4) is 0 Å². The number of nitrogens with zero attached hydrogens (tertiary/aromatic N) is 3. The van der Waals surface area contributed by atoms with E-state index in [1.54, 1.807) is 0 Å². The van der Waals surface area contributed by atoms with Crippen LogP contribution in [0, 0.1) is 17.0 Å². The lowest BCUT2D eigenvalue weighted by atomic mass is 10.1. The van der Waals surface area contributed by atoms with Gasteiger partial charge in [-0.25, -0.2) is 0 Å². The molecule has 29 heavy (non-hydrogen) atoms. The molecule has 0 fully saturated rings. The van der Waals surface area contributed by atoms with Gasteiger partial charge in [-0.05, 0) is 42.3 Å². The number of nitro groups is 1. The summed E-state index contributed by atoms with van der Waals surface area (Å²) < 4.78 is 0. The smallest absolute Gasteiger partial charge is 0.288 e. The predicted molar refractivity (Wildman–Crippen MR) is 113 cm³/mol. The highest BCUT2D eigenvalue weighted by molar-refractivity contribution is 6.32. The summed E-state index contributed by atoms with van der Waals surface area (Å²) in [6.45, 7) is 2.59. The number of anilines is 1. The maximum absolute atomic E-state index is 12.9. The fraction of sp³-hybridized carbons (Fsp3) is 0.0909. The van der Waals surface area contributed by atoms with Crippen LogP contribution in [0.5, 0.6) is 0 Å². The van der Waals surface area contributed by atoms with Crippen LogP contribution in [0.15, 0.2) is 71.7 Å². The van der Waals surface area contributed by atoms with Gasteiger partial charge < -0.3 is 4.90 Å². The number of amidine groups is 1. The number of rotatable bonds is 3. The standard InChI is InChI=1S/C22H16ClN3O3/c1-14-5-4-7-17(11-14)25-13-16-6-2-3-8-18(16)21(25)24-22(27)15-9-10-19(23)20(12-15)26(28)29/h2-12H,13H2,1H3. The molecule has 0 atom stereocenters. The first-order valence-electron chi connectivity index (χ1n) is 8.93. The van der Waals surface area contributed by atoms with Crippen molar-refractivity contribution in [2.24, 2.45) is 4.99 Å². The molecule has 0 unspecified atom stereocenters. The molecule has 7 heteroatoms. The molecule has 144 valence electrons. The topological polar surface area (TPSA) is 75.8 Å². The number of aryl methyl sites for hydroxylation is 1. The summed E-state index contributed by atoms with van der Waals surface area (Å²) >= 11 is 5.85. The number of nitro benzene ring substituents is 1. The average molecular weight is 406 g/mol. The Hall–Kier alpha value is -3.51. The molecule has 4 rings (SSSR count). The van der Waals surface area contributed by atoms with Crippen LogP contribution in [0.1, 0.15) is 27.0 Å². The number of amides is 1. The Bertz CT molecular complexity index is 1170. The van der Waals surface area contributed by atoms with E-state index >= 15 is 0 Å². The minimum Gasteiger partial charge on any atom is -0.321 e. The molecule has 3 aromatic rings. The maximum Gasteiger partial charge on any atom is 0.288 e. The molecule has 3 aromatic carbocycles. The highest BCUT2D eigenvalue weighted by Crippen LogP contribution is 2.30. The van der Waals surface area contributed by atoms with Gasteiger partial charge in [-0.3, -0.25) is 14.9 Å². The monoisotopic (exact) mass is 405 g/mol. The fourth-order valence-electron chi connectivity index (χ4n) is 3.34. The summed E-state index contributed by atoms with van der Waals surface area (Å²) in [5.41, 5.74) is 3.74. The Balaban J connectivity index is 1.79. The first-order chi connectivity index (χ1) is 13.9. The predicted octanol–water partition coefficient (Wildman–Crippen LogP) is 5.16. The Labute approximate surface area is 172 Å². The van der Waals surface area contributed by atoms with Crippen LogP contribution in [-0.4, -0.2) is 16.7 Å². The summed E-state index contributed by atoms with van der Waals surface area (Å²) in [4.78, 5) is 29.7. The van der Waals surface area contributed by atoms with Gasteiger partial charge in [0.2, 0.25) is 0 Å². The molecule has 0 aliphatic carbocycles. The first kappa shape index (κ1) is 18.8. The number of hydrogen-bond acceptors (Lipinski definition) is 3. The van der Waals surface area contributed by atoms with Gasteiger partial charge in [0, 0.05) is 22.9 Å². The van der Waals surface area contributed by atoms with Crippen molar-refractivity contribution >= 4 is 34.7 Å². The van der Waals surface area contributed by atoms with Gasteiger partial charge in [-0.2, -0.15) is 4.99 Å². The summed E-state index contributed by atoms with van der Waals surface area (Å²) in [6, 6.07) is 19.6. The first-order valence-corrected chi connectivity index (χ1v) is 9.31. The van der Waals surface area contributed by atoms with E-state index in [9.17, 15) is 14.9 Å². The van der Waals surface area contributed by atoms with Crippen molar-refractivity contribution in [1.82, 2.24) is 0 Å². The van der Waals surface area contributed by atoms with Crippen molar-refractivity contribution in [2.75, 3.05) is 4.90 Å². The second-order valence-corrected chi connectivity index (χ2v) is 7.15. The summed E-state index contributed by atoms with van der Waals surface area (Å²) in [5, 5.41) is 11.1. The van der Waals surface area contributed by atoms with E-state index in [4.69, 9.17) is 11.6 Å². The average Bonchev–Trinajstić information content (AvgIpc) is 3.06. The number of fused-ring (bicyclic) bond motifs is 1. The maximum atomic E-state index is 12.9. The molecule has 6 nitrogen and oxygen atoms in total. The molecule has 1 aliphatic heterocycles. The van der Waals surface area contributed by atoms with Crippen LogP contribution >= 0.6 is 11.6 Å². The molecule has 0 radical (unpaired) electrons. The van der Waals surface area contributed by atoms with E-state index in [1.807, 2.05) is 60.4 Å². The van der Waals surface area contributed by atoms with Gasteiger partial charge in [-0.1, -0.05) is 48.0 Å². The van der Waals surface area contributed by atoms with Gasteiger partial charge in [0.05, 0.1) is 11.5 Å². The minimum absolute atomic E-state index is 0.0215. The fourth-order valence-corrected chi connectivity index (χ4v) is 3.53. The largest absolute Gasteiger partial charge is 0.321 e. The van der Waals surface area contributed by atoms with Crippen LogP contribution in [-0.2, 0) is 6.54 Å². The van der Waals surface area contributed by atoms with E-state index in [1.165, 1.54) is 12.1 Å². The zero-order valence-corrected chi connectivity index (χ0v) is 16.3. The van der Waals surface area contributed by atoms with Crippen LogP contribution in [0.2, 0.25) is 5.02 Å². The van der Waals surface area contributed by atoms with Crippen molar-refractivity contribution in [3.63, 3.8) is 0 Å². The molecule has 1 amide bonds. The van der Waals surface area contributed by atoms with Gasteiger partial charge >= 0.3 is 0 Å². The number of hydrogen-bond donors (Lipinski definition) is 0. The number of aliphatic imine (C=N–C) groups is 1. The molecular weight excluding hydrogens is 390 g/mol. The van der Waals surface area contributed by atoms with Crippen LogP contribution < -0.4 is 4.90 Å². The highest BCUT2D eigenvalue weighted by Gasteiger charge is 2.28. The molecule has 1 aliphatic rings. The number of halogens is 1. The summed E-state index contributed by atoms with van der Waals surface area (Å²) in [5.74, 6) is -0.0390. The Morgan fingerprint density at radius 3 is 2.66 bits per heavy atom. The van der Waals surface area contributed by atoms with E-state index in [2.05, 4.69) is 4.99 Å². The molecule has 0 N–H and O–H groups in total. The van der Waals surface area contributed by atoms with E-state index < -0.39 is 10.8 Å². The third-order valence-corrected chi connectivity index (χ3v) is 5.07. The molecular formula is C22H16ClN3O3. The van der Waals surface area contributed by atoms with Crippen LogP contribution in [0.25, 0.3) is 0 Å². The van der Waals surface area contributed by atoms with Gasteiger partial charge in [-0.15, -0.1) is 0 Å². The third-order valence-electron chi connectivity index (χ3n) is 4.75. The number of benzene rings is 3. The third kappa shape index (κ3) is 3.62. The zero-order chi connectivity index (χ0) is 20.5. The van der Waals surface area contributed by atoms with E-state index in [-0.39, 0.29) is 16.3 Å². The summed E-state index contributed by atoms with van der Waals surface area (Å²) in [6.07, 6.45) is 0. The molecule has 1 heterocycles. The number of carbonyl (C=O) groups excluding carboxylic acids is 1. The second-order valence-electron chi connectivity index (χ2n) is 6.75. The Kier molecular flexibility index (Phi) is 4.86. The zero-order valence-electron chi connectivity index (χ0n) is 15.5. The number of carbonyl (C=O) groups is 1. The van der Waals surface area contributed by atoms with E-state index in [0.717, 1.165) is 28.4 Å². The quantitative estimate of drug-likeness (QED) is 0.445. The van der Waals surface area contributed by atoms with Crippen molar-refractivity contribution < 1.29 is 9.72 Å². The Morgan fingerprint density at radius 1 is 1.10 bits per heavy atom. The summed E-state index contributed by atoms with van der Waals surface area (Å²) in [7, 11) is 0. The van der Waals surface area contributed by atoms with Crippen LogP contribution in [0.4, 0.5) is 11.4 Å². The minimum atomic E-state index is -0.615. The lowest BCUT2D eigenvalue weighted by molar-refractivity contribution is -0.384. The van der Waals surface area contributed by atoms with Crippen molar-refractivity contribution in [2.45, 2.75) is 13.5 Å². The van der Waals surface area contributed by atoms with Gasteiger partial charge in [0.15, 0.2) is 0 Å². The lowest BCUT2D eigenvalue weighted by Gasteiger charge is -2.19. The van der Waals surface area contributed by atoms with Gasteiger partial charge in [0.1, 0.15) is 10.9 Å². The van der Waals surface area contributed by atoms with E-state index in [0.29, 0.717) is 12.4 Å². The normalized spacial score (nSPS) is 14.1. The van der Waals surface area contributed by atoms with Crippen molar-refractivity contribution in [3.8, 4) is 0 Å².